The van der Waals surface area contributed by atoms with Gasteiger partial charge in [-0.05, 0) is 62.1 Å². The lowest BCUT2D eigenvalue weighted by atomic mass is 9.95. The van der Waals surface area contributed by atoms with Crippen LogP contribution in [0.1, 0.15) is 41.6 Å². The van der Waals surface area contributed by atoms with Crippen molar-refractivity contribution in [2.75, 3.05) is 6.54 Å². The topological polar surface area (TPSA) is 12.0 Å². The number of aryl methyl sites for hydroxylation is 2. The van der Waals surface area contributed by atoms with Crippen molar-refractivity contribution in [2.45, 2.75) is 39.7 Å². The number of halogens is 1. The Hall–Kier alpha value is -1.12. The van der Waals surface area contributed by atoms with Crippen LogP contribution in [-0.4, -0.2) is 6.54 Å². The zero-order valence-corrected chi connectivity index (χ0v) is 14.7. The van der Waals surface area contributed by atoms with Crippen molar-refractivity contribution in [3.63, 3.8) is 0 Å². The van der Waals surface area contributed by atoms with E-state index in [0.29, 0.717) is 6.04 Å². The molecule has 0 heterocycles. The first kappa shape index (κ1) is 16.3. The molecule has 2 aromatic carbocycles. The highest BCUT2D eigenvalue weighted by Gasteiger charge is 2.14. The third kappa shape index (κ3) is 4.69. The number of nitrogens with one attached hydrogen (secondary N) is 1. The first-order valence-corrected chi connectivity index (χ1v) is 8.44. The zero-order chi connectivity index (χ0) is 15.2. The summed E-state index contributed by atoms with van der Waals surface area (Å²) in [5.41, 5.74) is 5.43. The van der Waals surface area contributed by atoms with Crippen LogP contribution in [0.25, 0.3) is 0 Å². The third-order valence-corrected chi connectivity index (χ3v) is 4.31. The fraction of sp³-hybridized carbons (Fsp3) is 0.368. The van der Waals surface area contributed by atoms with Gasteiger partial charge in [0.05, 0.1) is 0 Å². The number of rotatable bonds is 6. The van der Waals surface area contributed by atoms with E-state index >= 15 is 0 Å². The Kier molecular flexibility index (Phi) is 6.01. The lowest BCUT2D eigenvalue weighted by Crippen LogP contribution is -2.24. The number of hydrogen-bond donors (Lipinski definition) is 1. The highest BCUT2D eigenvalue weighted by atomic mass is 79.9. The minimum Gasteiger partial charge on any atom is -0.310 e. The highest BCUT2D eigenvalue weighted by molar-refractivity contribution is 9.10. The molecule has 112 valence electrons. The third-order valence-electron chi connectivity index (χ3n) is 3.82. The summed E-state index contributed by atoms with van der Waals surface area (Å²) in [6, 6.07) is 15.8. The molecule has 2 rings (SSSR count). The summed E-state index contributed by atoms with van der Waals surface area (Å²) in [7, 11) is 0. The van der Waals surface area contributed by atoms with Crippen molar-refractivity contribution in [3.8, 4) is 0 Å². The van der Waals surface area contributed by atoms with Gasteiger partial charge in [0, 0.05) is 10.5 Å². The normalized spacial score (nSPS) is 12.4. The summed E-state index contributed by atoms with van der Waals surface area (Å²) in [6.07, 6.45) is 2.18. The Morgan fingerprint density at radius 3 is 2.43 bits per heavy atom. The molecule has 1 unspecified atom stereocenters. The van der Waals surface area contributed by atoms with Crippen molar-refractivity contribution in [1.29, 1.82) is 0 Å². The van der Waals surface area contributed by atoms with Gasteiger partial charge in [0.25, 0.3) is 0 Å². The van der Waals surface area contributed by atoms with Gasteiger partial charge in [-0.15, -0.1) is 0 Å². The van der Waals surface area contributed by atoms with Crippen LogP contribution in [0.2, 0.25) is 0 Å². The molecule has 1 N–H and O–H groups in total. The Morgan fingerprint density at radius 1 is 1.05 bits per heavy atom. The number of benzene rings is 2. The Balaban J connectivity index is 2.25. The van der Waals surface area contributed by atoms with E-state index in [-0.39, 0.29) is 0 Å². The van der Waals surface area contributed by atoms with Crippen LogP contribution < -0.4 is 5.32 Å². The van der Waals surface area contributed by atoms with Crippen molar-refractivity contribution in [3.05, 3.63) is 69.2 Å². The van der Waals surface area contributed by atoms with Crippen molar-refractivity contribution in [1.82, 2.24) is 5.32 Å². The van der Waals surface area contributed by atoms with Crippen LogP contribution in [0.15, 0.2) is 46.9 Å². The SMILES string of the molecule is CCCNC(Cc1ccc(C)cc1)c1cc(Br)ccc1C. The average Bonchev–Trinajstić information content (AvgIpc) is 2.48. The molecule has 0 aliphatic heterocycles. The quantitative estimate of drug-likeness (QED) is 0.743. The van der Waals surface area contributed by atoms with Crippen LogP contribution in [0.4, 0.5) is 0 Å². The summed E-state index contributed by atoms with van der Waals surface area (Å²) >= 11 is 3.60. The Labute approximate surface area is 136 Å². The monoisotopic (exact) mass is 345 g/mol. The van der Waals surface area contributed by atoms with Gasteiger partial charge in [-0.1, -0.05) is 58.7 Å². The largest absolute Gasteiger partial charge is 0.310 e. The number of hydrogen-bond acceptors (Lipinski definition) is 1. The molecule has 0 aliphatic rings. The first-order chi connectivity index (χ1) is 10.1. The predicted octanol–water partition coefficient (Wildman–Crippen LogP) is 5.35. The predicted molar refractivity (Wildman–Crippen MR) is 94.8 cm³/mol. The van der Waals surface area contributed by atoms with Crippen LogP contribution in [0, 0.1) is 13.8 Å². The Bertz CT molecular complexity index is 575. The standard InChI is InChI=1S/C19H24BrN/c1-4-11-21-19(12-16-8-5-14(2)6-9-16)18-13-17(20)10-7-15(18)3/h5-10,13,19,21H,4,11-12H2,1-3H3. The minimum absolute atomic E-state index is 0.366. The van der Waals surface area contributed by atoms with Crippen LogP contribution in [-0.2, 0) is 6.42 Å². The van der Waals surface area contributed by atoms with E-state index in [9.17, 15) is 0 Å². The van der Waals surface area contributed by atoms with Gasteiger partial charge in [0.2, 0.25) is 0 Å². The van der Waals surface area contributed by atoms with Gasteiger partial charge in [-0.3, -0.25) is 0 Å². The summed E-state index contributed by atoms with van der Waals surface area (Å²) in [5.74, 6) is 0. The second-order valence-electron chi connectivity index (χ2n) is 5.70. The highest BCUT2D eigenvalue weighted by Crippen LogP contribution is 2.25. The van der Waals surface area contributed by atoms with Gasteiger partial charge >= 0.3 is 0 Å². The van der Waals surface area contributed by atoms with Crippen LogP contribution >= 0.6 is 15.9 Å². The van der Waals surface area contributed by atoms with Crippen LogP contribution in [0.5, 0.6) is 0 Å². The maximum atomic E-state index is 3.70. The summed E-state index contributed by atoms with van der Waals surface area (Å²) < 4.78 is 1.15. The summed E-state index contributed by atoms with van der Waals surface area (Å²) in [4.78, 5) is 0. The molecule has 0 fully saturated rings. The van der Waals surface area contributed by atoms with E-state index in [2.05, 4.69) is 84.5 Å². The van der Waals surface area contributed by atoms with E-state index in [1.165, 1.54) is 22.3 Å². The molecule has 21 heavy (non-hydrogen) atoms. The molecule has 1 nitrogen and oxygen atoms in total. The fourth-order valence-corrected chi connectivity index (χ4v) is 2.94. The molecule has 1 atom stereocenters. The fourth-order valence-electron chi connectivity index (χ4n) is 2.56. The van der Waals surface area contributed by atoms with Gasteiger partial charge in [-0.25, -0.2) is 0 Å². The van der Waals surface area contributed by atoms with Crippen molar-refractivity contribution in [2.24, 2.45) is 0 Å². The average molecular weight is 346 g/mol. The van der Waals surface area contributed by atoms with Gasteiger partial charge in [0.1, 0.15) is 0 Å². The van der Waals surface area contributed by atoms with Gasteiger partial charge in [0.15, 0.2) is 0 Å². The zero-order valence-electron chi connectivity index (χ0n) is 13.1. The summed E-state index contributed by atoms with van der Waals surface area (Å²) in [6.45, 7) is 7.58. The molecule has 0 saturated carbocycles. The molecule has 0 saturated heterocycles. The molecule has 0 aromatic heterocycles. The van der Waals surface area contributed by atoms with Crippen LogP contribution in [0.3, 0.4) is 0 Å². The maximum Gasteiger partial charge on any atom is 0.0363 e. The van der Waals surface area contributed by atoms with E-state index in [0.717, 1.165) is 23.9 Å². The molecule has 2 heteroatoms. The van der Waals surface area contributed by atoms with E-state index in [1.807, 2.05) is 0 Å². The molecule has 0 aliphatic carbocycles. The second kappa shape index (κ2) is 7.77. The lowest BCUT2D eigenvalue weighted by molar-refractivity contribution is 0.527. The van der Waals surface area contributed by atoms with Gasteiger partial charge < -0.3 is 5.32 Å². The molecule has 2 aromatic rings. The maximum absolute atomic E-state index is 3.70. The molecular weight excluding hydrogens is 322 g/mol. The Morgan fingerprint density at radius 2 is 1.76 bits per heavy atom. The first-order valence-electron chi connectivity index (χ1n) is 7.65. The smallest absolute Gasteiger partial charge is 0.0363 e. The van der Waals surface area contributed by atoms with Crippen molar-refractivity contribution < 1.29 is 0 Å². The molecule has 0 amide bonds. The minimum atomic E-state index is 0.366. The lowest BCUT2D eigenvalue weighted by Gasteiger charge is -2.21. The molecule has 0 spiro atoms. The van der Waals surface area contributed by atoms with Gasteiger partial charge in [-0.2, -0.15) is 0 Å². The molecule has 0 bridgehead atoms. The molecular formula is C19H24BrN. The second-order valence-corrected chi connectivity index (χ2v) is 6.61. The van der Waals surface area contributed by atoms with E-state index < -0.39 is 0 Å². The van der Waals surface area contributed by atoms with E-state index in [4.69, 9.17) is 0 Å². The van der Waals surface area contributed by atoms with E-state index in [1.54, 1.807) is 0 Å². The summed E-state index contributed by atoms with van der Waals surface area (Å²) in [5, 5.41) is 3.70. The van der Waals surface area contributed by atoms with Crippen molar-refractivity contribution >= 4 is 15.9 Å². The molecule has 0 radical (unpaired) electrons.